The number of hydroxylamine groups is 3. The predicted octanol–water partition coefficient (Wildman–Crippen LogP) is 1.45. The van der Waals surface area contributed by atoms with E-state index in [0.29, 0.717) is 10.5 Å². The maximum Gasteiger partial charge on any atom is 0.307 e. The highest BCUT2D eigenvalue weighted by Gasteiger charge is 2.56. The minimum absolute atomic E-state index is 0.381. The van der Waals surface area contributed by atoms with Gasteiger partial charge in [-0.05, 0) is 18.4 Å². The molecule has 2 heterocycles. The van der Waals surface area contributed by atoms with E-state index in [-0.39, 0.29) is 5.78 Å². The van der Waals surface area contributed by atoms with E-state index in [1.165, 1.54) is 25.2 Å². The lowest BCUT2D eigenvalue weighted by Crippen LogP contribution is -2.53. The lowest BCUT2D eigenvalue weighted by molar-refractivity contribution is -0.564. The van der Waals surface area contributed by atoms with Gasteiger partial charge in [0.15, 0.2) is 0 Å². The van der Waals surface area contributed by atoms with Crippen molar-refractivity contribution in [2.45, 2.75) is 32.5 Å². The van der Waals surface area contributed by atoms with Crippen LogP contribution in [0.15, 0.2) is 17.5 Å². The van der Waals surface area contributed by atoms with Gasteiger partial charge in [0.1, 0.15) is 6.04 Å². The van der Waals surface area contributed by atoms with Crippen molar-refractivity contribution in [1.29, 1.82) is 0 Å². The first kappa shape index (κ1) is 12.2. The van der Waals surface area contributed by atoms with Gasteiger partial charge in [0.05, 0.1) is 4.88 Å². The van der Waals surface area contributed by atoms with Crippen LogP contribution in [0.2, 0.25) is 0 Å². The summed E-state index contributed by atoms with van der Waals surface area (Å²) in [7, 11) is 0. The van der Waals surface area contributed by atoms with E-state index >= 15 is 0 Å². The summed E-state index contributed by atoms with van der Waals surface area (Å²) in [6, 6.07) is 3.14. The van der Waals surface area contributed by atoms with Gasteiger partial charge >= 0.3 is 5.66 Å². The van der Waals surface area contributed by atoms with E-state index in [9.17, 15) is 15.2 Å². The molecular formula is C11H14N2O3S. The highest BCUT2D eigenvalue weighted by atomic mass is 32.1. The van der Waals surface area contributed by atoms with Gasteiger partial charge in [-0.15, -0.1) is 16.4 Å². The van der Waals surface area contributed by atoms with E-state index in [2.05, 4.69) is 0 Å². The number of carbonyl (C=O) groups is 1. The molecule has 1 aromatic rings. The Bertz CT molecular complexity index is 483. The van der Waals surface area contributed by atoms with Gasteiger partial charge in [0.25, 0.3) is 0 Å². The van der Waals surface area contributed by atoms with E-state index < -0.39 is 11.7 Å². The molecule has 5 nitrogen and oxygen atoms in total. The molecule has 0 bridgehead atoms. The fraction of sp³-hybridized carbons (Fsp3) is 0.455. The van der Waals surface area contributed by atoms with Crippen molar-refractivity contribution >= 4 is 22.8 Å². The van der Waals surface area contributed by atoms with Crippen molar-refractivity contribution in [1.82, 2.24) is 5.06 Å². The number of thiophene rings is 1. The maximum absolute atomic E-state index is 12.3. The van der Waals surface area contributed by atoms with E-state index in [1.807, 2.05) is 11.4 Å². The van der Waals surface area contributed by atoms with Crippen molar-refractivity contribution in [3.05, 3.63) is 27.6 Å². The van der Waals surface area contributed by atoms with Crippen molar-refractivity contribution in [3.8, 4) is 0 Å². The second kappa shape index (κ2) is 3.90. The van der Waals surface area contributed by atoms with Crippen LogP contribution in [0, 0.1) is 5.21 Å². The number of rotatable bonds is 2. The van der Waals surface area contributed by atoms with Gasteiger partial charge in [-0.1, -0.05) is 6.07 Å². The van der Waals surface area contributed by atoms with Crippen LogP contribution < -0.4 is 0 Å². The van der Waals surface area contributed by atoms with Crippen LogP contribution in [-0.2, 0) is 4.79 Å². The SMILES string of the molecule is CC(=O)[C@@]1(C)N(O)[C@@H](C)C(c2cccs2)=[N+]1[O-]. The summed E-state index contributed by atoms with van der Waals surface area (Å²) in [5.74, 6) is -0.381. The maximum atomic E-state index is 12.3. The summed E-state index contributed by atoms with van der Waals surface area (Å²) in [6.45, 7) is 4.44. The average Bonchev–Trinajstić information content (AvgIpc) is 2.84. The zero-order valence-electron chi connectivity index (χ0n) is 9.88. The Labute approximate surface area is 103 Å². The molecular weight excluding hydrogens is 240 g/mol. The molecule has 17 heavy (non-hydrogen) atoms. The fourth-order valence-corrected chi connectivity index (χ4v) is 2.86. The Morgan fingerprint density at radius 3 is 2.76 bits per heavy atom. The molecule has 92 valence electrons. The molecule has 1 aliphatic rings. The molecule has 0 spiro atoms. The van der Waals surface area contributed by atoms with Gasteiger partial charge in [-0.3, -0.25) is 4.79 Å². The quantitative estimate of drug-likeness (QED) is 0.640. The van der Waals surface area contributed by atoms with E-state index in [4.69, 9.17) is 0 Å². The first-order valence-corrected chi connectivity index (χ1v) is 6.16. The molecule has 0 saturated heterocycles. The molecule has 2 atom stereocenters. The summed E-state index contributed by atoms with van der Waals surface area (Å²) in [5, 5.41) is 24.9. The molecule has 1 aliphatic heterocycles. The second-order valence-corrected chi connectivity index (χ2v) is 5.20. The molecule has 6 heteroatoms. The summed E-state index contributed by atoms with van der Waals surface area (Å²) >= 11 is 1.41. The highest BCUT2D eigenvalue weighted by molar-refractivity contribution is 7.12. The Kier molecular flexibility index (Phi) is 2.81. The largest absolute Gasteiger partial charge is 0.622 e. The minimum Gasteiger partial charge on any atom is -0.622 e. The standard InChI is InChI=1S/C11H14N2O3S/c1-7-10(9-5-4-6-17-9)13(16)11(3,8(2)14)12(7)15/h4-7,15H,1-3H3/t7-,11-/m0/s1. The lowest BCUT2D eigenvalue weighted by atomic mass is 10.1. The molecule has 0 amide bonds. The number of Topliss-reactive ketones (excluding diaryl/α,β-unsaturated/α-hetero) is 1. The number of hydrogen-bond acceptors (Lipinski definition) is 5. The van der Waals surface area contributed by atoms with Gasteiger partial charge < -0.3 is 10.4 Å². The topological polar surface area (TPSA) is 66.6 Å². The molecule has 1 N–H and O–H groups in total. The smallest absolute Gasteiger partial charge is 0.307 e. The average molecular weight is 254 g/mol. The minimum atomic E-state index is -1.53. The fourth-order valence-electron chi connectivity index (χ4n) is 2.02. The Morgan fingerprint density at radius 2 is 2.35 bits per heavy atom. The van der Waals surface area contributed by atoms with Gasteiger partial charge in [0.2, 0.25) is 11.5 Å². The molecule has 0 fully saturated rings. The summed E-state index contributed by atoms with van der Waals surface area (Å²) < 4.78 is 0.617. The van der Waals surface area contributed by atoms with Crippen LogP contribution in [0.3, 0.4) is 0 Å². The third-order valence-electron chi connectivity index (χ3n) is 3.26. The molecule has 0 aliphatic carbocycles. The Balaban J connectivity index is 2.59. The Hall–Kier alpha value is -1.24. The summed E-state index contributed by atoms with van der Waals surface area (Å²) in [5.41, 5.74) is -1.10. The van der Waals surface area contributed by atoms with E-state index in [1.54, 1.807) is 13.0 Å². The molecule has 1 aromatic heterocycles. The number of nitrogens with zero attached hydrogens (tertiary/aromatic N) is 2. The normalized spacial score (nSPS) is 30.0. The van der Waals surface area contributed by atoms with Crippen molar-refractivity contribution in [3.63, 3.8) is 0 Å². The number of hydrogen-bond donors (Lipinski definition) is 1. The van der Waals surface area contributed by atoms with Crippen LogP contribution in [0.5, 0.6) is 0 Å². The van der Waals surface area contributed by atoms with Crippen LogP contribution in [0.4, 0.5) is 0 Å². The molecule has 2 rings (SSSR count). The molecule has 0 saturated carbocycles. The summed E-state index contributed by atoms with van der Waals surface area (Å²) in [6.07, 6.45) is 0. The van der Waals surface area contributed by atoms with Gasteiger partial charge in [-0.25, -0.2) is 0 Å². The number of ketones is 1. The van der Waals surface area contributed by atoms with Crippen molar-refractivity contribution in [2.24, 2.45) is 0 Å². The van der Waals surface area contributed by atoms with Crippen LogP contribution in [-0.4, -0.2) is 38.2 Å². The molecule has 0 unspecified atom stereocenters. The number of carbonyl (C=O) groups excluding carboxylic acids is 1. The second-order valence-electron chi connectivity index (χ2n) is 4.25. The third kappa shape index (κ3) is 1.52. The van der Waals surface area contributed by atoms with Crippen molar-refractivity contribution in [2.75, 3.05) is 0 Å². The van der Waals surface area contributed by atoms with Gasteiger partial charge in [-0.2, -0.15) is 4.74 Å². The third-order valence-corrected chi connectivity index (χ3v) is 4.16. The monoisotopic (exact) mass is 254 g/mol. The first-order chi connectivity index (χ1) is 7.90. The summed E-state index contributed by atoms with van der Waals surface area (Å²) in [4.78, 5) is 12.4. The van der Waals surface area contributed by atoms with E-state index in [0.717, 1.165) is 9.94 Å². The van der Waals surface area contributed by atoms with Crippen LogP contribution in [0.25, 0.3) is 0 Å². The Morgan fingerprint density at radius 1 is 1.71 bits per heavy atom. The lowest BCUT2D eigenvalue weighted by Gasteiger charge is -2.26. The molecule has 0 aromatic carbocycles. The molecule has 0 radical (unpaired) electrons. The van der Waals surface area contributed by atoms with Gasteiger partial charge in [0, 0.05) is 13.8 Å². The zero-order chi connectivity index (χ0) is 12.8. The predicted molar refractivity (Wildman–Crippen MR) is 64.2 cm³/mol. The zero-order valence-corrected chi connectivity index (χ0v) is 10.7. The van der Waals surface area contributed by atoms with Crippen LogP contribution in [0.1, 0.15) is 25.6 Å². The van der Waals surface area contributed by atoms with Crippen molar-refractivity contribution < 1.29 is 14.7 Å². The van der Waals surface area contributed by atoms with Crippen LogP contribution >= 0.6 is 11.3 Å². The first-order valence-electron chi connectivity index (χ1n) is 5.28. The highest BCUT2D eigenvalue weighted by Crippen LogP contribution is 2.29.